The molecule has 2 aromatic carbocycles. The van der Waals surface area contributed by atoms with Crippen molar-refractivity contribution in [3.8, 4) is 0 Å². The van der Waals surface area contributed by atoms with Crippen LogP contribution in [0.25, 0.3) is 0 Å². The zero-order valence-corrected chi connectivity index (χ0v) is 26.2. The maximum atomic E-state index is 11.0. The Kier molecular flexibility index (Phi) is 14.6. The fourth-order valence-electron chi connectivity index (χ4n) is 3.16. The van der Waals surface area contributed by atoms with E-state index in [-0.39, 0.29) is 97.7 Å². The van der Waals surface area contributed by atoms with Gasteiger partial charge in [-0.15, -0.1) is 0 Å². The van der Waals surface area contributed by atoms with E-state index in [0.717, 1.165) is 0 Å². The molecule has 0 unspecified atom stereocenters. The molecule has 0 aliphatic rings. The number of hydrogen-bond donors (Lipinski definition) is 2. The molecular formula is C20H16Ca2O14S2. The Morgan fingerprint density at radius 3 is 0.947 bits per heavy atom. The third-order valence-corrected chi connectivity index (χ3v) is 7.07. The molecule has 18 heteroatoms. The van der Waals surface area contributed by atoms with Gasteiger partial charge < -0.3 is 39.6 Å². The maximum Gasteiger partial charge on any atom is 2.00 e. The van der Waals surface area contributed by atoms with E-state index in [1.165, 1.54) is 27.7 Å². The summed E-state index contributed by atoms with van der Waals surface area (Å²) in [6.45, 7) is 4.90. The molecule has 0 aliphatic carbocycles. The van der Waals surface area contributed by atoms with E-state index >= 15 is 0 Å². The van der Waals surface area contributed by atoms with E-state index in [2.05, 4.69) is 0 Å². The van der Waals surface area contributed by atoms with E-state index in [1.54, 1.807) is 0 Å². The molecule has 0 heterocycles. The molecule has 2 aromatic rings. The van der Waals surface area contributed by atoms with Gasteiger partial charge in [0.2, 0.25) is 0 Å². The summed E-state index contributed by atoms with van der Waals surface area (Å²) in [4.78, 5) is 41.9. The number of carbonyl (C=O) groups excluding carboxylic acids is 4. The summed E-state index contributed by atoms with van der Waals surface area (Å²) in [5.74, 6) is -7.28. The Labute approximate surface area is 276 Å². The van der Waals surface area contributed by atoms with Crippen LogP contribution in [0.3, 0.4) is 0 Å². The van der Waals surface area contributed by atoms with Crippen molar-refractivity contribution in [2.45, 2.75) is 37.5 Å². The van der Waals surface area contributed by atoms with E-state index in [9.17, 15) is 56.4 Å². The third kappa shape index (κ3) is 8.84. The number of carboxylic acids is 4. The molecule has 0 saturated carbocycles. The molecule has 0 saturated heterocycles. The molecule has 38 heavy (non-hydrogen) atoms. The quantitative estimate of drug-likeness (QED) is 0.228. The van der Waals surface area contributed by atoms with Crippen LogP contribution in [0.1, 0.15) is 63.7 Å². The SMILES string of the molecule is Cc1c(S(=O)(=O)O)cc(C(=O)[O-])c(C(=O)[O-])c1C.Cc1c(S(=O)(=O)O)cc(C(=O)[O-])c(C(=O)[O-])c1C.[Ca+2].[Ca+2]. The fraction of sp³-hybridized carbons (Fsp3) is 0.200. The van der Waals surface area contributed by atoms with Gasteiger partial charge in [-0.05, 0) is 62.1 Å². The number of rotatable bonds is 6. The maximum absolute atomic E-state index is 11.0. The first-order valence-corrected chi connectivity index (χ1v) is 12.1. The van der Waals surface area contributed by atoms with Crippen molar-refractivity contribution in [3.05, 3.63) is 56.6 Å². The van der Waals surface area contributed by atoms with Crippen molar-refractivity contribution in [2.24, 2.45) is 0 Å². The van der Waals surface area contributed by atoms with E-state index < -0.39 is 76.2 Å². The van der Waals surface area contributed by atoms with Gasteiger partial charge in [0, 0.05) is 22.3 Å². The summed E-state index contributed by atoms with van der Waals surface area (Å²) in [6, 6.07) is 1.08. The van der Waals surface area contributed by atoms with Crippen molar-refractivity contribution in [1.29, 1.82) is 0 Å². The minimum absolute atomic E-state index is 0. The third-order valence-electron chi connectivity index (χ3n) is 5.11. The minimum atomic E-state index is -4.66. The molecule has 0 aliphatic heterocycles. The van der Waals surface area contributed by atoms with Gasteiger partial charge in [0.15, 0.2) is 0 Å². The molecule has 0 spiro atoms. The van der Waals surface area contributed by atoms with Gasteiger partial charge in [-0.2, -0.15) is 16.8 Å². The molecule has 0 aromatic heterocycles. The number of benzene rings is 2. The van der Waals surface area contributed by atoms with Gasteiger partial charge in [-0.1, -0.05) is 0 Å². The Morgan fingerprint density at radius 2 is 0.789 bits per heavy atom. The summed E-state index contributed by atoms with van der Waals surface area (Å²) in [5.41, 5.74) is -3.42. The zero-order chi connectivity index (χ0) is 28.5. The molecule has 2 rings (SSSR count). The Bertz CT molecular complexity index is 1410. The summed E-state index contributed by atoms with van der Waals surface area (Å²) in [6.07, 6.45) is 0. The molecule has 0 bridgehead atoms. The molecular weight excluding hydrogens is 608 g/mol. The Hall–Kier alpha value is -1.34. The van der Waals surface area contributed by atoms with Crippen molar-refractivity contribution in [2.75, 3.05) is 0 Å². The molecule has 0 fully saturated rings. The molecule has 196 valence electrons. The number of carboxylic acid groups (broad SMARTS) is 4. The first-order valence-electron chi connectivity index (χ1n) is 9.23. The topological polar surface area (TPSA) is 269 Å². The summed E-state index contributed by atoms with van der Waals surface area (Å²) < 4.78 is 62.0. The van der Waals surface area contributed by atoms with Crippen LogP contribution in [0.2, 0.25) is 0 Å². The monoisotopic (exact) mass is 624 g/mol. The first-order chi connectivity index (χ1) is 16.1. The van der Waals surface area contributed by atoms with Crippen molar-refractivity contribution in [1.82, 2.24) is 0 Å². The first kappa shape index (κ1) is 38.8. The van der Waals surface area contributed by atoms with Crippen LogP contribution in [0.15, 0.2) is 21.9 Å². The summed E-state index contributed by atoms with van der Waals surface area (Å²) in [5, 5.41) is 43.3. The number of aromatic carboxylic acids is 4. The second-order valence-electron chi connectivity index (χ2n) is 7.19. The standard InChI is InChI=1S/2C10H10O7S.2Ca/c2*1-4-5(2)8(10(13)14)6(9(11)12)3-7(4)18(15,16)17;;/h2*3H,1-2H3,(H,11,12)(H,13,14)(H,15,16,17);;/q;;2*+2/p-4. The predicted molar refractivity (Wildman–Crippen MR) is 120 cm³/mol. The van der Waals surface area contributed by atoms with Crippen molar-refractivity contribution < 1.29 is 65.5 Å². The van der Waals surface area contributed by atoms with Crippen LogP contribution >= 0.6 is 0 Å². The normalized spacial score (nSPS) is 10.7. The van der Waals surface area contributed by atoms with Crippen LogP contribution in [0.5, 0.6) is 0 Å². The number of carbonyl (C=O) groups is 4. The minimum Gasteiger partial charge on any atom is -0.545 e. The predicted octanol–water partition coefficient (Wildman–Crippen LogP) is -4.21. The largest absolute Gasteiger partial charge is 2.00 e. The Balaban J connectivity index is 0. The smallest absolute Gasteiger partial charge is 0.545 e. The average molecular weight is 625 g/mol. The van der Waals surface area contributed by atoms with E-state index in [1.807, 2.05) is 0 Å². The molecule has 0 radical (unpaired) electrons. The summed E-state index contributed by atoms with van der Waals surface area (Å²) >= 11 is 0. The molecule has 0 amide bonds. The zero-order valence-electron chi connectivity index (χ0n) is 20.2. The van der Waals surface area contributed by atoms with Gasteiger partial charge >= 0.3 is 75.5 Å². The van der Waals surface area contributed by atoms with Crippen LogP contribution < -0.4 is 20.4 Å². The van der Waals surface area contributed by atoms with E-state index in [0.29, 0.717) is 12.1 Å². The van der Waals surface area contributed by atoms with Gasteiger partial charge in [-0.25, -0.2) is 0 Å². The van der Waals surface area contributed by atoms with E-state index in [4.69, 9.17) is 9.11 Å². The summed E-state index contributed by atoms with van der Waals surface area (Å²) in [7, 11) is -9.32. The van der Waals surface area contributed by atoms with Gasteiger partial charge in [0.1, 0.15) is 0 Å². The molecule has 14 nitrogen and oxygen atoms in total. The van der Waals surface area contributed by atoms with Crippen LogP contribution in [-0.4, -0.2) is 125 Å². The van der Waals surface area contributed by atoms with Crippen LogP contribution in [-0.2, 0) is 20.2 Å². The fourth-order valence-corrected chi connectivity index (χ4v) is 4.77. The van der Waals surface area contributed by atoms with Crippen LogP contribution in [0.4, 0.5) is 0 Å². The van der Waals surface area contributed by atoms with Gasteiger partial charge in [0.05, 0.1) is 33.7 Å². The Morgan fingerprint density at radius 1 is 0.553 bits per heavy atom. The molecule has 0 atom stereocenters. The second kappa shape index (κ2) is 14.3. The molecule has 2 N–H and O–H groups in total. The van der Waals surface area contributed by atoms with Crippen LogP contribution in [0, 0.1) is 27.7 Å². The average Bonchev–Trinajstić information content (AvgIpc) is 2.69. The number of hydrogen-bond acceptors (Lipinski definition) is 12. The van der Waals surface area contributed by atoms with Gasteiger partial charge in [0.25, 0.3) is 20.2 Å². The second-order valence-corrected chi connectivity index (χ2v) is 9.97. The van der Waals surface area contributed by atoms with Crippen molar-refractivity contribution >= 4 is 120 Å². The van der Waals surface area contributed by atoms with Gasteiger partial charge in [-0.3, -0.25) is 9.11 Å². The van der Waals surface area contributed by atoms with Crippen molar-refractivity contribution in [3.63, 3.8) is 0 Å².